The summed E-state index contributed by atoms with van der Waals surface area (Å²) in [4.78, 5) is 27.8. The number of aromatic nitrogens is 1. The number of carbonyl (C=O) groups is 2. The topological polar surface area (TPSA) is 62.0 Å². The Morgan fingerprint density at radius 3 is 2.52 bits per heavy atom. The first kappa shape index (κ1) is 15.6. The number of carbonyl (C=O) groups excluding carboxylic acids is 2. The zero-order valence-electron chi connectivity index (χ0n) is 13.7. The van der Waals surface area contributed by atoms with Gasteiger partial charge in [-0.25, -0.2) is 4.39 Å². The Labute approximate surface area is 144 Å². The zero-order valence-corrected chi connectivity index (χ0v) is 13.7. The van der Waals surface area contributed by atoms with E-state index in [-0.39, 0.29) is 23.4 Å². The number of aryl methyl sites for hydroxylation is 1. The van der Waals surface area contributed by atoms with Crippen LogP contribution in [0.2, 0.25) is 0 Å². The molecule has 2 N–H and O–H groups in total. The third-order valence-corrected chi connectivity index (χ3v) is 4.55. The molecule has 0 atom stereocenters. The van der Waals surface area contributed by atoms with Gasteiger partial charge in [-0.15, -0.1) is 0 Å². The van der Waals surface area contributed by atoms with Gasteiger partial charge in [0.05, 0.1) is 5.56 Å². The van der Waals surface area contributed by atoms with Gasteiger partial charge < -0.3 is 10.3 Å². The van der Waals surface area contributed by atoms with E-state index in [4.69, 9.17) is 0 Å². The molecule has 1 aliphatic carbocycles. The Balaban J connectivity index is 1.58. The highest BCUT2D eigenvalue weighted by Gasteiger charge is 2.30. The number of H-pyrrole nitrogens is 1. The highest BCUT2D eigenvalue weighted by molar-refractivity contribution is 6.14. The molecular formula is C20H17FN2O2. The van der Waals surface area contributed by atoms with Gasteiger partial charge in [-0.1, -0.05) is 0 Å². The molecule has 1 amide bonds. The molecule has 3 aromatic rings. The number of nitrogens with one attached hydrogen (secondary N) is 2. The minimum atomic E-state index is -0.386. The predicted molar refractivity (Wildman–Crippen MR) is 94.4 cm³/mol. The maximum absolute atomic E-state index is 13.5. The smallest absolute Gasteiger partial charge is 0.258 e. The molecule has 0 bridgehead atoms. The summed E-state index contributed by atoms with van der Waals surface area (Å²) in [6.45, 7) is 1.78. The van der Waals surface area contributed by atoms with Crippen molar-refractivity contribution in [1.29, 1.82) is 0 Å². The minimum absolute atomic E-state index is 0.167. The van der Waals surface area contributed by atoms with E-state index in [0.29, 0.717) is 27.9 Å². The first-order valence-corrected chi connectivity index (χ1v) is 8.26. The number of amides is 1. The van der Waals surface area contributed by atoms with Crippen molar-refractivity contribution < 1.29 is 14.0 Å². The summed E-state index contributed by atoms with van der Waals surface area (Å²) in [6, 6.07) is 11.2. The third-order valence-electron chi connectivity index (χ3n) is 4.55. The number of hydrogen-bond acceptors (Lipinski definition) is 2. The molecule has 1 aromatic heterocycles. The minimum Gasteiger partial charge on any atom is -0.358 e. The molecule has 4 rings (SSSR count). The second-order valence-electron chi connectivity index (χ2n) is 6.48. The van der Waals surface area contributed by atoms with Crippen LogP contribution >= 0.6 is 0 Å². The third kappa shape index (κ3) is 2.93. The molecule has 0 radical (unpaired) electrons. The molecule has 4 nitrogen and oxygen atoms in total. The second kappa shape index (κ2) is 5.84. The number of halogens is 1. The van der Waals surface area contributed by atoms with E-state index in [2.05, 4.69) is 10.3 Å². The van der Waals surface area contributed by atoms with E-state index >= 15 is 0 Å². The fourth-order valence-electron chi connectivity index (χ4n) is 3.08. The maximum atomic E-state index is 13.5. The van der Waals surface area contributed by atoms with Crippen LogP contribution in [0.15, 0.2) is 42.5 Å². The van der Waals surface area contributed by atoms with Crippen molar-refractivity contribution in [3.63, 3.8) is 0 Å². The van der Waals surface area contributed by atoms with Crippen molar-refractivity contribution in [3.05, 3.63) is 65.1 Å². The van der Waals surface area contributed by atoms with Crippen molar-refractivity contribution in [3.8, 4) is 0 Å². The number of hydrogen-bond donors (Lipinski definition) is 2. The van der Waals surface area contributed by atoms with Crippen molar-refractivity contribution in [2.75, 3.05) is 5.32 Å². The zero-order chi connectivity index (χ0) is 17.6. The molecule has 0 saturated heterocycles. The molecule has 2 aromatic carbocycles. The van der Waals surface area contributed by atoms with E-state index in [1.807, 2.05) is 0 Å². The number of benzene rings is 2. The molecule has 0 spiro atoms. The lowest BCUT2D eigenvalue weighted by Crippen LogP contribution is -2.13. The number of Topliss-reactive ketones (excluding diaryl/α,β-unsaturated/α-hetero) is 1. The fourth-order valence-corrected chi connectivity index (χ4v) is 3.08. The van der Waals surface area contributed by atoms with Gasteiger partial charge in [0.25, 0.3) is 5.91 Å². The highest BCUT2D eigenvalue weighted by Crippen LogP contribution is 2.33. The molecular weight excluding hydrogens is 319 g/mol. The summed E-state index contributed by atoms with van der Waals surface area (Å²) in [7, 11) is 0. The maximum Gasteiger partial charge on any atom is 0.258 e. The van der Waals surface area contributed by atoms with E-state index in [1.165, 1.54) is 12.1 Å². The summed E-state index contributed by atoms with van der Waals surface area (Å²) in [5.74, 6) is -0.357. The van der Waals surface area contributed by atoms with Gasteiger partial charge in [0.15, 0.2) is 5.78 Å². The van der Waals surface area contributed by atoms with Crippen LogP contribution in [0.1, 0.15) is 39.3 Å². The molecule has 1 fully saturated rings. The number of anilines is 1. The average molecular weight is 336 g/mol. The van der Waals surface area contributed by atoms with Crippen molar-refractivity contribution in [1.82, 2.24) is 4.98 Å². The van der Waals surface area contributed by atoms with Crippen LogP contribution < -0.4 is 5.32 Å². The number of aromatic amines is 1. The Hall–Kier alpha value is -2.95. The summed E-state index contributed by atoms with van der Waals surface area (Å²) in [5.41, 5.74) is 3.09. The summed E-state index contributed by atoms with van der Waals surface area (Å²) in [6.07, 6.45) is 1.93. The Kier molecular flexibility index (Phi) is 3.64. The van der Waals surface area contributed by atoms with Crippen LogP contribution in [0.5, 0.6) is 0 Å². The summed E-state index contributed by atoms with van der Waals surface area (Å²) < 4.78 is 13.5. The summed E-state index contributed by atoms with van der Waals surface area (Å²) in [5, 5.41) is 3.37. The molecule has 1 aliphatic rings. The van der Waals surface area contributed by atoms with E-state index in [0.717, 1.165) is 18.4 Å². The second-order valence-corrected chi connectivity index (χ2v) is 6.48. The van der Waals surface area contributed by atoms with Gasteiger partial charge in [-0.2, -0.15) is 0 Å². The van der Waals surface area contributed by atoms with E-state index < -0.39 is 0 Å². The molecule has 1 heterocycles. The van der Waals surface area contributed by atoms with Gasteiger partial charge in [0.2, 0.25) is 0 Å². The lowest BCUT2D eigenvalue weighted by molar-refractivity contribution is 0.0967. The predicted octanol–water partition coefficient (Wildman–Crippen LogP) is 4.46. The van der Waals surface area contributed by atoms with Gasteiger partial charge in [0, 0.05) is 33.8 Å². The first-order valence-electron chi connectivity index (χ1n) is 8.26. The first-order chi connectivity index (χ1) is 12.0. The standard InChI is InChI=1S/C20H17FN2O2/c1-11-18(16-10-14(21)6-9-17(16)22-11)20(25)23-15-7-4-13(5-8-15)19(24)12-2-3-12/h4-10,12,22H,2-3H2,1H3,(H,23,25). The normalized spacial score (nSPS) is 13.8. The molecule has 5 heteroatoms. The van der Waals surface area contributed by atoms with Gasteiger partial charge in [-0.05, 0) is 62.2 Å². The quantitative estimate of drug-likeness (QED) is 0.691. The average Bonchev–Trinajstić information content (AvgIpc) is 3.38. The monoisotopic (exact) mass is 336 g/mol. The van der Waals surface area contributed by atoms with Crippen molar-refractivity contribution in [2.24, 2.45) is 5.92 Å². The lowest BCUT2D eigenvalue weighted by atomic mass is 10.1. The molecule has 126 valence electrons. The van der Waals surface area contributed by atoms with Gasteiger partial charge in [0.1, 0.15) is 5.82 Å². The Morgan fingerprint density at radius 1 is 1.12 bits per heavy atom. The summed E-state index contributed by atoms with van der Waals surface area (Å²) >= 11 is 0. The van der Waals surface area contributed by atoms with Crippen LogP contribution in [0.3, 0.4) is 0 Å². The van der Waals surface area contributed by atoms with Gasteiger partial charge >= 0.3 is 0 Å². The molecule has 25 heavy (non-hydrogen) atoms. The lowest BCUT2D eigenvalue weighted by Gasteiger charge is -2.07. The number of ketones is 1. The van der Waals surface area contributed by atoms with Gasteiger partial charge in [-0.3, -0.25) is 9.59 Å². The molecule has 0 aliphatic heterocycles. The van der Waals surface area contributed by atoms with Crippen LogP contribution in [-0.4, -0.2) is 16.7 Å². The fraction of sp³-hybridized carbons (Fsp3) is 0.200. The molecule has 1 saturated carbocycles. The van der Waals surface area contributed by atoms with Crippen LogP contribution in [0.25, 0.3) is 10.9 Å². The SMILES string of the molecule is Cc1[nH]c2ccc(F)cc2c1C(=O)Nc1ccc(C(=O)C2CC2)cc1. The van der Waals surface area contributed by atoms with E-state index in [1.54, 1.807) is 37.3 Å². The Morgan fingerprint density at radius 2 is 1.84 bits per heavy atom. The number of rotatable bonds is 4. The van der Waals surface area contributed by atoms with Crippen LogP contribution in [-0.2, 0) is 0 Å². The highest BCUT2D eigenvalue weighted by atomic mass is 19.1. The largest absolute Gasteiger partial charge is 0.358 e. The van der Waals surface area contributed by atoms with E-state index in [9.17, 15) is 14.0 Å². The van der Waals surface area contributed by atoms with Crippen LogP contribution in [0.4, 0.5) is 10.1 Å². The molecule has 0 unspecified atom stereocenters. The van der Waals surface area contributed by atoms with Crippen molar-refractivity contribution >= 4 is 28.3 Å². The number of fused-ring (bicyclic) bond motifs is 1. The van der Waals surface area contributed by atoms with Crippen LogP contribution in [0, 0.1) is 18.7 Å². The van der Waals surface area contributed by atoms with Crippen molar-refractivity contribution in [2.45, 2.75) is 19.8 Å². The Bertz CT molecular complexity index is 985.